The molecule has 1 unspecified atom stereocenters. The molecule has 1 N–H and O–H groups in total. The Morgan fingerprint density at radius 3 is 2.25 bits per heavy atom. The molecule has 1 fully saturated rings. The van der Waals surface area contributed by atoms with Crippen molar-refractivity contribution in [1.82, 2.24) is 5.32 Å². The van der Waals surface area contributed by atoms with E-state index < -0.39 is 12.1 Å². The normalized spacial score (nSPS) is 25.4. The first-order chi connectivity index (χ1) is 9.38. The van der Waals surface area contributed by atoms with Crippen LogP contribution >= 0.6 is 0 Å². The van der Waals surface area contributed by atoms with E-state index in [9.17, 15) is 17.6 Å². The maximum absolute atomic E-state index is 13.6. The van der Waals surface area contributed by atoms with Gasteiger partial charge in [-0.1, -0.05) is 18.2 Å². The zero-order valence-corrected chi connectivity index (χ0v) is 11.4. The smallest absolute Gasteiger partial charge is 0.307 e. The molecule has 0 amide bonds. The minimum atomic E-state index is -4.08. The van der Waals surface area contributed by atoms with Gasteiger partial charge in [0.05, 0.1) is 5.92 Å². The number of nitrogens with one attached hydrogen (secondary N) is 1. The number of alkyl halides is 3. The Labute approximate surface area is 116 Å². The van der Waals surface area contributed by atoms with Crippen LogP contribution in [-0.2, 0) is 0 Å². The van der Waals surface area contributed by atoms with Gasteiger partial charge < -0.3 is 5.32 Å². The fourth-order valence-corrected chi connectivity index (χ4v) is 2.86. The number of hydrogen-bond acceptors (Lipinski definition) is 1. The van der Waals surface area contributed by atoms with Crippen LogP contribution < -0.4 is 5.32 Å². The van der Waals surface area contributed by atoms with E-state index in [0.717, 1.165) is 0 Å². The maximum Gasteiger partial charge on any atom is 0.391 e. The summed E-state index contributed by atoms with van der Waals surface area (Å²) in [5.74, 6) is -1.46. The van der Waals surface area contributed by atoms with Crippen LogP contribution in [-0.4, -0.2) is 12.2 Å². The highest BCUT2D eigenvalue weighted by atomic mass is 19.4. The van der Waals surface area contributed by atoms with Crippen molar-refractivity contribution in [2.75, 3.05) is 0 Å². The molecule has 1 aliphatic rings. The first-order valence-corrected chi connectivity index (χ1v) is 6.95. The van der Waals surface area contributed by atoms with Gasteiger partial charge in [-0.25, -0.2) is 4.39 Å². The van der Waals surface area contributed by atoms with Gasteiger partial charge >= 0.3 is 6.18 Å². The number of hydrogen-bond donors (Lipinski definition) is 1. The van der Waals surface area contributed by atoms with Crippen LogP contribution in [0.3, 0.4) is 0 Å². The monoisotopic (exact) mass is 289 g/mol. The number of benzene rings is 1. The Morgan fingerprint density at radius 2 is 1.70 bits per heavy atom. The Balaban J connectivity index is 1.88. The van der Waals surface area contributed by atoms with E-state index >= 15 is 0 Å². The summed E-state index contributed by atoms with van der Waals surface area (Å²) in [7, 11) is 0. The van der Waals surface area contributed by atoms with Crippen molar-refractivity contribution >= 4 is 0 Å². The minimum Gasteiger partial charge on any atom is -0.307 e. The topological polar surface area (TPSA) is 12.0 Å². The zero-order valence-electron chi connectivity index (χ0n) is 11.4. The van der Waals surface area contributed by atoms with Crippen molar-refractivity contribution in [3.63, 3.8) is 0 Å². The van der Waals surface area contributed by atoms with E-state index in [0.29, 0.717) is 18.4 Å². The first-order valence-electron chi connectivity index (χ1n) is 6.95. The average Bonchev–Trinajstić information content (AvgIpc) is 2.38. The highest BCUT2D eigenvalue weighted by Gasteiger charge is 2.41. The summed E-state index contributed by atoms with van der Waals surface area (Å²) in [5.41, 5.74) is 0.561. The SMILES string of the molecule is CC(NC1CCC(C(F)(F)F)CC1)c1ccccc1F. The van der Waals surface area contributed by atoms with Crippen LogP contribution in [0.4, 0.5) is 17.6 Å². The zero-order chi connectivity index (χ0) is 14.8. The molecule has 1 aromatic carbocycles. The fraction of sp³-hybridized carbons (Fsp3) is 0.600. The molecular weight excluding hydrogens is 270 g/mol. The molecule has 0 heterocycles. The summed E-state index contributed by atoms with van der Waals surface area (Å²) in [6, 6.07) is 6.33. The Bertz CT molecular complexity index is 436. The second-order valence-electron chi connectivity index (χ2n) is 5.50. The lowest BCUT2D eigenvalue weighted by Gasteiger charge is -2.32. The average molecular weight is 289 g/mol. The second kappa shape index (κ2) is 6.12. The van der Waals surface area contributed by atoms with Gasteiger partial charge in [-0.3, -0.25) is 0 Å². The molecule has 1 saturated carbocycles. The van der Waals surface area contributed by atoms with Gasteiger partial charge in [0, 0.05) is 17.6 Å². The third kappa shape index (κ3) is 3.72. The van der Waals surface area contributed by atoms with Gasteiger partial charge in [0.1, 0.15) is 5.82 Å². The summed E-state index contributed by atoms with van der Waals surface area (Å²) in [6.45, 7) is 1.84. The molecule has 20 heavy (non-hydrogen) atoms. The predicted molar refractivity (Wildman–Crippen MR) is 69.8 cm³/mol. The highest BCUT2D eigenvalue weighted by molar-refractivity contribution is 5.20. The number of halogens is 4. The van der Waals surface area contributed by atoms with Gasteiger partial charge in [0.25, 0.3) is 0 Å². The largest absolute Gasteiger partial charge is 0.391 e. The minimum absolute atomic E-state index is 0.0307. The van der Waals surface area contributed by atoms with Crippen LogP contribution in [0.25, 0.3) is 0 Å². The van der Waals surface area contributed by atoms with E-state index in [1.54, 1.807) is 18.2 Å². The molecular formula is C15H19F4N. The third-order valence-electron chi connectivity index (χ3n) is 4.05. The van der Waals surface area contributed by atoms with Gasteiger partial charge in [-0.05, 0) is 38.7 Å². The summed E-state index contributed by atoms with van der Waals surface area (Å²) < 4.78 is 51.4. The predicted octanol–water partition coefficient (Wildman–Crippen LogP) is 4.60. The summed E-state index contributed by atoms with van der Waals surface area (Å²) >= 11 is 0. The molecule has 0 saturated heterocycles. The quantitative estimate of drug-likeness (QED) is 0.802. The first kappa shape index (κ1) is 15.3. The van der Waals surface area contributed by atoms with Gasteiger partial charge in [-0.2, -0.15) is 13.2 Å². The van der Waals surface area contributed by atoms with Crippen LogP contribution in [0.5, 0.6) is 0 Å². The van der Waals surface area contributed by atoms with Gasteiger partial charge in [0.15, 0.2) is 0 Å². The van der Waals surface area contributed by atoms with E-state index in [4.69, 9.17) is 0 Å². The van der Waals surface area contributed by atoms with Crippen molar-refractivity contribution < 1.29 is 17.6 Å². The third-order valence-corrected chi connectivity index (χ3v) is 4.05. The standard InChI is InChI=1S/C15H19F4N/c1-10(13-4-2-3-5-14(13)16)20-12-8-6-11(7-9-12)15(17,18)19/h2-5,10-12,20H,6-9H2,1H3. The van der Waals surface area contributed by atoms with Crippen molar-refractivity contribution in [2.45, 2.75) is 50.9 Å². The van der Waals surface area contributed by atoms with Crippen LogP contribution in [0.1, 0.15) is 44.2 Å². The summed E-state index contributed by atoms with van der Waals surface area (Å²) in [6.07, 6.45) is -2.79. The lowest BCUT2D eigenvalue weighted by atomic mass is 9.85. The molecule has 1 atom stereocenters. The molecule has 5 heteroatoms. The van der Waals surface area contributed by atoms with E-state index in [1.807, 2.05) is 6.92 Å². The fourth-order valence-electron chi connectivity index (χ4n) is 2.86. The van der Waals surface area contributed by atoms with E-state index in [1.165, 1.54) is 6.07 Å². The second-order valence-corrected chi connectivity index (χ2v) is 5.50. The van der Waals surface area contributed by atoms with E-state index in [-0.39, 0.29) is 30.7 Å². The van der Waals surface area contributed by atoms with Crippen molar-refractivity contribution in [1.29, 1.82) is 0 Å². The lowest BCUT2D eigenvalue weighted by Crippen LogP contribution is -2.38. The van der Waals surface area contributed by atoms with Crippen molar-refractivity contribution in [3.05, 3.63) is 35.6 Å². The lowest BCUT2D eigenvalue weighted by molar-refractivity contribution is -0.182. The Morgan fingerprint density at radius 1 is 1.10 bits per heavy atom. The molecule has 0 spiro atoms. The van der Waals surface area contributed by atoms with Gasteiger partial charge in [-0.15, -0.1) is 0 Å². The molecule has 1 aliphatic carbocycles. The molecule has 1 nitrogen and oxygen atoms in total. The Hall–Kier alpha value is -1.10. The van der Waals surface area contributed by atoms with Crippen LogP contribution in [0.15, 0.2) is 24.3 Å². The summed E-state index contributed by atoms with van der Waals surface area (Å²) in [4.78, 5) is 0. The van der Waals surface area contributed by atoms with Crippen molar-refractivity contribution in [2.24, 2.45) is 5.92 Å². The van der Waals surface area contributed by atoms with E-state index in [2.05, 4.69) is 5.32 Å². The van der Waals surface area contributed by atoms with Crippen LogP contribution in [0, 0.1) is 11.7 Å². The summed E-state index contributed by atoms with van der Waals surface area (Å²) in [5, 5.41) is 3.24. The maximum atomic E-state index is 13.6. The molecule has 0 bridgehead atoms. The number of rotatable bonds is 3. The Kier molecular flexibility index (Phi) is 4.68. The van der Waals surface area contributed by atoms with Crippen molar-refractivity contribution in [3.8, 4) is 0 Å². The molecule has 0 radical (unpaired) electrons. The molecule has 0 aromatic heterocycles. The highest BCUT2D eigenvalue weighted by Crippen LogP contribution is 2.37. The molecule has 112 valence electrons. The molecule has 1 aromatic rings. The van der Waals surface area contributed by atoms with Crippen LogP contribution in [0.2, 0.25) is 0 Å². The van der Waals surface area contributed by atoms with Gasteiger partial charge in [0.2, 0.25) is 0 Å². The molecule has 2 rings (SSSR count). The molecule has 0 aliphatic heterocycles.